The topological polar surface area (TPSA) is 0 Å². The summed E-state index contributed by atoms with van der Waals surface area (Å²) in [6.45, 7) is 5.90. The van der Waals surface area contributed by atoms with E-state index in [1.165, 1.54) is 0 Å². The Bertz CT molecular complexity index is 118. The Labute approximate surface area is 66.6 Å². The van der Waals surface area contributed by atoms with Gasteiger partial charge in [0.2, 0.25) is 0 Å². The van der Waals surface area contributed by atoms with Crippen LogP contribution in [0.5, 0.6) is 0 Å². The number of hydrogen-bond acceptors (Lipinski definition) is 0. The molecule has 0 aromatic carbocycles. The quantitative estimate of drug-likeness (QED) is 0.488. The molecule has 2 heteroatoms. The molecular formula is C6H8Br2. The number of allylic oxidation sites excluding steroid dienone is 1. The summed E-state index contributed by atoms with van der Waals surface area (Å²) in [6.07, 6.45) is 1.98. The van der Waals surface area contributed by atoms with Gasteiger partial charge in [-0.25, -0.2) is 0 Å². The van der Waals surface area contributed by atoms with Crippen LogP contribution < -0.4 is 0 Å². The van der Waals surface area contributed by atoms with Gasteiger partial charge < -0.3 is 0 Å². The average molecular weight is 240 g/mol. The Kier molecular flexibility index (Phi) is 1.57. The molecule has 0 aliphatic heterocycles. The van der Waals surface area contributed by atoms with Crippen molar-refractivity contribution in [2.24, 2.45) is 11.8 Å². The van der Waals surface area contributed by atoms with Crippen LogP contribution in [0, 0.1) is 11.8 Å². The molecule has 0 amide bonds. The van der Waals surface area contributed by atoms with E-state index < -0.39 is 0 Å². The first-order chi connectivity index (χ1) is 3.60. The number of alkyl halides is 2. The van der Waals surface area contributed by atoms with Crippen molar-refractivity contribution in [3.63, 3.8) is 0 Å². The van der Waals surface area contributed by atoms with Crippen molar-refractivity contribution in [2.75, 3.05) is 0 Å². The molecule has 1 fully saturated rings. The Morgan fingerprint density at radius 3 is 2.00 bits per heavy atom. The number of hydrogen-bond donors (Lipinski definition) is 0. The van der Waals surface area contributed by atoms with Crippen molar-refractivity contribution in [1.29, 1.82) is 0 Å². The molecule has 0 aromatic rings. The average Bonchev–Trinajstić information content (AvgIpc) is 2.09. The smallest absolute Gasteiger partial charge is 0.0902 e. The fraction of sp³-hybridized carbons (Fsp3) is 0.667. The Hall–Kier alpha value is 0.700. The van der Waals surface area contributed by atoms with E-state index in [2.05, 4.69) is 45.4 Å². The van der Waals surface area contributed by atoms with Gasteiger partial charge in [-0.1, -0.05) is 44.9 Å². The summed E-state index contributed by atoms with van der Waals surface area (Å²) in [4.78, 5) is 0. The molecule has 0 radical (unpaired) electrons. The summed E-state index contributed by atoms with van der Waals surface area (Å²) in [5, 5.41) is 0. The van der Waals surface area contributed by atoms with Crippen LogP contribution in [-0.2, 0) is 0 Å². The summed E-state index contributed by atoms with van der Waals surface area (Å²) >= 11 is 7.05. The first kappa shape index (κ1) is 6.81. The SMILES string of the molecule is C=CC1C(C)C1(Br)Br. The normalized spacial score (nSPS) is 41.4. The Balaban J connectivity index is 2.57. The highest BCUT2D eigenvalue weighted by molar-refractivity contribution is 9.25. The predicted molar refractivity (Wildman–Crippen MR) is 43.4 cm³/mol. The standard InChI is InChI=1S/C6H8Br2/c1-3-5-4(2)6(5,7)8/h3-5H,1H2,2H3. The second kappa shape index (κ2) is 1.84. The second-order valence-electron chi connectivity index (χ2n) is 2.22. The third-order valence-corrected chi connectivity index (χ3v) is 4.24. The maximum absolute atomic E-state index is 3.71. The molecule has 0 nitrogen and oxygen atoms in total. The van der Waals surface area contributed by atoms with E-state index in [-0.39, 0.29) is 3.23 Å². The largest absolute Gasteiger partial charge is 0.103 e. The van der Waals surface area contributed by atoms with Crippen LogP contribution in [0.3, 0.4) is 0 Å². The summed E-state index contributed by atoms with van der Waals surface area (Å²) in [5.41, 5.74) is 0. The fourth-order valence-electron chi connectivity index (χ4n) is 0.871. The maximum atomic E-state index is 3.71. The minimum Gasteiger partial charge on any atom is -0.103 e. The van der Waals surface area contributed by atoms with Crippen LogP contribution in [0.4, 0.5) is 0 Å². The number of rotatable bonds is 1. The molecule has 0 spiro atoms. The van der Waals surface area contributed by atoms with E-state index in [0.717, 1.165) is 0 Å². The highest BCUT2D eigenvalue weighted by atomic mass is 79.9. The van der Waals surface area contributed by atoms with Crippen molar-refractivity contribution in [3.05, 3.63) is 12.7 Å². The van der Waals surface area contributed by atoms with E-state index >= 15 is 0 Å². The minimum absolute atomic E-state index is 0.182. The van der Waals surface area contributed by atoms with Crippen LogP contribution in [-0.4, -0.2) is 3.23 Å². The van der Waals surface area contributed by atoms with Crippen molar-refractivity contribution in [2.45, 2.75) is 10.2 Å². The first-order valence-electron chi connectivity index (χ1n) is 2.61. The van der Waals surface area contributed by atoms with Crippen LogP contribution in [0.1, 0.15) is 6.92 Å². The highest BCUT2D eigenvalue weighted by Gasteiger charge is 2.56. The molecule has 0 saturated heterocycles. The van der Waals surface area contributed by atoms with Gasteiger partial charge in [0.05, 0.1) is 3.23 Å². The van der Waals surface area contributed by atoms with Gasteiger partial charge in [-0.15, -0.1) is 6.58 Å². The summed E-state index contributed by atoms with van der Waals surface area (Å²) in [7, 11) is 0. The Morgan fingerprint density at radius 1 is 1.62 bits per heavy atom. The molecule has 0 bridgehead atoms. The lowest BCUT2D eigenvalue weighted by Gasteiger charge is -1.89. The predicted octanol–water partition coefficient (Wildman–Crippen LogP) is 2.92. The molecule has 46 valence electrons. The molecule has 1 aliphatic rings. The molecular weight excluding hydrogens is 232 g/mol. The third-order valence-electron chi connectivity index (χ3n) is 1.74. The van der Waals surface area contributed by atoms with E-state index in [1.807, 2.05) is 6.08 Å². The minimum atomic E-state index is 0.182. The third kappa shape index (κ3) is 0.781. The van der Waals surface area contributed by atoms with Gasteiger partial charge in [-0.05, 0) is 5.92 Å². The van der Waals surface area contributed by atoms with Crippen LogP contribution in [0.2, 0.25) is 0 Å². The zero-order valence-electron chi connectivity index (χ0n) is 4.70. The van der Waals surface area contributed by atoms with E-state index in [0.29, 0.717) is 11.8 Å². The Morgan fingerprint density at radius 2 is 2.00 bits per heavy atom. The molecule has 8 heavy (non-hydrogen) atoms. The second-order valence-corrected chi connectivity index (χ2v) is 5.91. The molecule has 1 saturated carbocycles. The van der Waals surface area contributed by atoms with E-state index in [4.69, 9.17) is 0 Å². The van der Waals surface area contributed by atoms with Gasteiger partial charge in [-0.3, -0.25) is 0 Å². The summed E-state index contributed by atoms with van der Waals surface area (Å²) in [6, 6.07) is 0. The molecule has 1 aliphatic carbocycles. The molecule has 0 N–H and O–H groups in total. The van der Waals surface area contributed by atoms with Gasteiger partial charge in [0.1, 0.15) is 0 Å². The number of halogens is 2. The monoisotopic (exact) mass is 238 g/mol. The van der Waals surface area contributed by atoms with Gasteiger partial charge >= 0.3 is 0 Å². The summed E-state index contributed by atoms with van der Waals surface area (Å²) in [5.74, 6) is 1.31. The van der Waals surface area contributed by atoms with Crippen LogP contribution in [0.25, 0.3) is 0 Å². The van der Waals surface area contributed by atoms with Gasteiger partial charge in [0.25, 0.3) is 0 Å². The van der Waals surface area contributed by atoms with Crippen molar-refractivity contribution in [3.8, 4) is 0 Å². The van der Waals surface area contributed by atoms with Gasteiger partial charge in [0.15, 0.2) is 0 Å². The lowest BCUT2D eigenvalue weighted by Crippen LogP contribution is -1.83. The van der Waals surface area contributed by atoms with E-state index in [1.54, 1.807) is 0 Å². The van der Waals surface area contributed by atoms with Gasteiger partial charge in [0, 0.05) is 5.92 Å². The lowest BCUT2D eigenvalue weighted by molar-refractivity contribution is 0.900. The molecule has 1 rings (SSSR count). The van der Waals surface area contributed by atoms with Crippen molar-refractivity contribution < 1.29 is 0 Å². The lowest BCUT2D eigenvalue weighted by atomic mass is 10.3. The van der Waals surface area contributed by atoms with E-state index in [9.17, 15) is 0 Å². The highest BCUT2D eigenvalue weighted by Crippen LogP contribution is 2.61. The van der Waals surface area contributed by atoms with Gasteiger partial charge in [-0.2, -0.15) is 0 Å². The molecule has 2 atom stereocenters. The molecule has 0 heterocycles. The van der Waals surface area contributed by atoms with Crippen molar-refractivity contribution >= 4 is 31.9 Å². The zero-order chi connectivity index (χ0) is 6.36. The maximum Gasteiger partial charge on any atom is 0.0902 e. The molecule has 0 aromatic heterocycles. The first-order valence-corrected chi connectivity index (χ1v) is 4.19. The zero-order valence-corrected chi connectivity index (χ0v) is 7.87. The van der Waals surface area contributed by atoms with Crippen molar-refractivity contribution in [1.82, 2.24) is 0 Å². The molecule has 2 unspecified atom stereocenters. The fourth-order valence-corrected chi connectivity index (χ4v) is 2.34. The summed E-state index contributed by atoms with van der Waals surface area (Å²) < 4.78 is 0.182. The van der Waals surface area contributed by atoms with Crippen LogP contribution in [0.15, 0.2) is 12.7 Å². The van der Waals surface area contributed by atoms with Crippen LogP contribution >= 0.6 is 31.9 Å².